The van der Waals surface area contributed by atoms with Crippen LogP contribution in [0, 0.1) is 6.10 Å². The third-order valence-corrected chi connectivity index (χ3v) is 3.59. The zero-order valence-corrected chi connectivity index (χ0v) is 10.5. The Morgan fingerprint density at radius 1 is 0.900 bits per heavy atom. The molecule has 0 amide bonds. The van der Waals surface area contributed by atoms with Crippen LogP contribution in [0.5, 0.6) is 0 Å². The molecule has 0 aromatic carbocycles. The first-order valence-corrected chi connectivity index (χ1v) is 6.22. The fourth-order valence-electron chi connectivity index (χ4n) is 2.33. The molecule has 0 spiro atoms. The number of rotatable bonds is 2. The van der Waals surface area contributed by atoms with Gasteiger partial charge >= 0.3 is 0 Å². The van der Waals surface area contributed by atoms with E-state index in [1.54, 1.807) is 0 Å². The van der Waals surface area contributed by atoms with Gasteiger partial charge in [-0.15, -0.1) is 0 Å². The van der Waals surface area contributed by atoms with E-state index in [0.29, 0.717) is 0 Å². The molecule has 2 heterocycles. The molecule has 0 saturated carbocycles. The molecule has 2 fully saturated rings. The van der Waals surface area contributed by atoms with Gasteiger partial charge in [0.1, 0.15) is 48.8 Å². The highest BCUT2D eigenvalue weighted by atomic mass is 16.6. The Morgan fingerprint density at radius 2 is 1.55 bits per heavy atom. The molecule has 0 aromatic rings. The summed E-state index contributed by atoms with van der Waals surface area (Å²) in [6.45, 7) is -0.923. The molecule has 2 rings (SSSR count). The third-order valence-electron chi connectivity index (χ3n) is 3.59. The molecular formula is C11H19O9. The first-order chi connectivity index (χ1) is 9.38. The average molecular weight is 295 g/mol. The molecule has 0 aliphatic carbocycles. The molecule has 2 aliphatic rings. The maximum absolute atomic E-state index is 9.85. The predicted molar refractivity (Wildman–Crippen MR) is 61.0 cm³/mol. The van der Waals surface area contributed by atoms with Gasteiger partial charge in [0.15, 0.2) is 6.10 Å². The van der Waals surface area contributed by atoms with Crippen molar-refractivity contribution in [2.24, 2.45) is 0 Å². The molecule has 2 aliphatic heterocycles. The molecule has 1 radical (unpaired) electrons. The average Bonchev–Trinajstić information content (AvgIpc) is 2.44. The van der Waals surface area contributed by atoms with Gasteiger partial charge in [-0.25, -0.2) is 0 Å². The van der Waals surface area contributed by atoms with E-state index in [0.717, 1.165) is 0 Å². The lowest BCUT2D eigenvalue weighted by Crippen LogP contribution is -2.63. The minimum absolute atomic E-state index is 0.301. The molecule has 0 bridgehead atoms. The summed E-state index contributed by atoms with van der Waals surface area (Å²) in [7, 11) is 0. The SMILES string of the molecule is OC[C@H]1O[C]([C@@H]2OC[C@@H](O)[C@H](O)[C@H]2O)[C@H](O)[C@@H](O)[C@@H]1O. The van der Waals surface area contributed by atoms with Crippen LogP contribution in [0.4, 0.5) is 0 Å². The quantitative estimate of drug-likeness (QED) is 0.266. The van der Waals surface area contributed by atoms with Crippen LogP contribution < -0.4 is 0 Å². The Labute approximate surface area is 114 Å². The summed E-state index contributed by atoms with van der Waals surface area (Å²) in [5, 5.41) is 67.0. The van der Waals surface area contributed by atoms with E-state index in [9.17, 15) is 30.6 Å². The zero-order chi connectivity index (χ0) is 15.0. The van der Waals surface area contributed by atoms with Crippen molar-refractivity contribution in [2.45, 2.75) is 48.8 Å². The van der Waals surface area contributed by atoms with E-state index in [2.05, 4.69) is 0 Å². The summed E-state index contributed by atoms with van der Waals surface area (Å²) in [6.07, 6.45) is -11.9. The van der Waals surface area contributed by atoms with Crippen LogP contribution in [-0.4, -0.2) is 97.8 Å². The topological polar surface area (TPSA) is 160 Å². The van der Waals surface area contributed by atoms with E-state index in [-0.39, 0.29) is 12.7 Å². The van der Waals surface area contributed by atoms with Crippen molar-refractivity contribution < 1.29 is 45.2 Å². The van der Waals surface area contributed by atoms with Gasteiger partial charge in [0, 0.05) is 0 Å². The summed E-state index contributed by atoms with van der Waals surface area (Å²) in [5.41, 5.74) is 0. The van der Waals surface area contributed by atoms with Crippen LogP contribution in [0.2, 0.25) is 0 Å². The minimum Gasteiger partial charge on any atom is -0.394 e. The summed E-state index contributed by atoms with van der Waals surface area (Å²) in [4.78, 5) is 0. The van der Waals surface area contributed by atoms with Crippen LogP contribution in [0.3, 0.4) is 0 Å². The van der Waals surface area contributed by atoms with Gasteiger partial charge in [0.25, 0.3) is 0 Å². The molecule has 8 atom stereocenters. The maximum atomic E-state index is 9.85. The van der Waals surface area contributed by atoms with Crippen LogP contribution in [-0.2, 0) is 9.47 Å². The highest BCUT2D eigenvalue weighted by Gasteiger charge is 2.52. The van der Waals surface area contributed by atoms with Crippen molar-refractivity contribution in [3.8, 4) is 0 Å². The van der Waals surface area contributed by atoms with Gasteiger partial charge in [-0.1, -0.05) is 0 Å². The van der Waals surface area contributed by atoms with E-state index in [4.69, 9.17) is 14.6 Å². The second kappa shape index (κ2) is 6.18. The summed E-state index contributed by atoms with van der Waals surface area (Å²) in [5.74, 6) is 0. The zero-order valence-electron chi connectivity index (χ0n) is 10.5. The molecule has 9 heteroatoms. The van der Waals surface area contributed by atoms with E-state index in [1.165, 1.54) is 0 Å². The van der Waals surface area contributed by atoms with Crippen molar-refractivity contribution in [1.29, 1.82) is 0 Å². The first kappa shape index (κ1) is 16.0. The van der Waals surface area contributed by atoms with Crippen molar-refractivity contribution in [1.82, 2.24) is 0 Å². The number of ether oxygens (including phenoxy) is 2. The standard InChI is InChI=1S/C11H19O9/c12-1-4-6(15)7(16)9(18)11(20-4)10-8(17)5(14)3(13)2-19-10/h3-10,12-18H,1-2H2/t3-,4-,5+,6-,7+,8-,9-,10-/m1/s1. The fourth-order valence-corrected chi connectivity index (χ4v) is 2.33. The first-order valence-electron chi connectivity index (χ1n) is 6.22. The Hall–Kier alpha value is -0.360. The predicted octanol–water partition coefficient (Wildman–Crippen LogP) is -4.53. The van der Waals surface area contributed by atoms with Crippen LogP contribution in [0.25, 0.3) is 0 Å². The highest BCUT2D eigenvalue weighted by Crippen LogP contribution is 2.33. The molecule has 0 unspecified atom stereocenters. The van der Waals surface area contributed by atoms with Gasteiger partial charge in [0.05, 0.1) is 13.2 Å². The second-order valence-corrected chi connectivity index (χ2v) is 4.97. The molecule has 20 heavy (non-hydrogen) atoms. The van der Waals surface area contributed by atoms with Gasteiger partial charge in [-0.2, -0.15) is 0 Å². The van der Waals surface area contributed by atoms with Gasteiger partial charge < -0.3 is 45.2 Å². The number of hydrogen-bond donors (Lipinski definition) is 7. The van der Waals surface area contributed by atoms with Crippen LogP contribution >= 0.6 is 0 Å². The smallest absolute Gasteiger partial charge is 0.160 e. The molecule has 117 valence electrons. The highest BCUT2D eigenvalue weighted by molar-refractivity contribution is 5.10. The van der Waals surface area contributed by atoms with Crippen LogP contribution in [0.15, 0.2) is 0 Å². The Bertz CT molecular complexity index is 325. The molecular weight excluding hydrogens is 276 g/mol. The number of aliphatic hydroxyl groups excluding tert-OH is 7. The van der Waals surface area contributed by atoms with Crippen molar-refractivity contribution in [2.75, 3.05) is 13.2 Å². The van der Waals surface area contributed by atoms with Crippen LogP contribution in [0.1, 0.15) is 0 Å². The largest absolute Gasteiger partial charge is 0.394 e. The van der Waals surface area contributed by atoms with E-state index >= 15 is 0 Å². The third kappa shape index (κ3) is 2.69. The normalized spacial score (nSPS) is 51.1. The lowest BCUT2D eigenvalue weighted by molar-refractivity contribution is -0.247. The van der Waals surface area contributed by atoms with E-state index in [1.807, 2.05) is 0 Å². The van der Waals surface area contributed by atoms with Crippen molar-refractivity contribution >= 4 is 0 Å². The van der Waals surface area contributed by atoms with Crippen molar-refractivity contribution in [3.05, 3.63) is 6.10 Å². The van der Waals surface area contributed by atoms with Gasteiger partial charge in [-0.3, -0.25) is 0 Å². The Morgan fingerprint density at radius 3 is 2.15 bits per heavy atom. The molecule has 7 N–H and O–H groups in total. The lowest BCUT2D eigenvalue weighted by Gasteiger charge is -2.45. The van der Waals surface area contributed by atoms with E-state index < -0.39 is 55.4 Å². The monoisotopic (exact) mass is 295 g/mol. The molecule has 0 aromatic heterocycles. The Balaban J connectivity index is 2.14. The maximum Gasteiger partial charge on any atom is 0.160 e. The summed E-state index contributed by atoms with van der Waals surface area (Å²) < 4.78 is 10.3. The van der Waals surface area contributed by atoms with Crippen molar-refractivity contribution in [3.63, 3.8) is 0 Å². The fraction of sp³-hybridized carbons (Fsp3) is 0.909. The second-order valence-electron chi connectivity index (χ2n) is 4.97. The minimum atomic E-state index is -1.66. The molecule has 2 saturated heterocycles. The Kier molecular flexibility index (Phi) is 4.95. The molecule has 9 nitrogen and oxygen atoms in total. The number of hydrogen-bond acceptors (Lipinski definition) is 9. The number of aliphatic hydroxyl groups is 7. The van der Waals surface area contributed by atoms with Gasteiger partial charge in [0.2, 0.25) is 0 Å². The summed E-state index contributed by atoms with van der Waals surface area (Å²) >= 11 is 0. The van der Waals surface area contributed by atoms with Gasteiger partial charge in [-0.05, 0) is 0 Å². The lowest BCUT2D eigenvalue weighted by atomic mass is 9.87. The summed E-state index contributed by atoms with van der Waals surface area (Å²) in [6, 6.07) is 0.